The van der Waals surface area contributed by atoms with Crippen LogP contribution < -0.4 is 0 Å². The topological polar surface area (TPSA) is 51.0 Å². The van der Waals surface area contributed by atoms with Crippen molar-refractivity contribution in [2.75, 3.05) is 13.3 Å². The van der Waals surface area contributed by atoms with Crippen molar-refractivity contribution in [3.8, 4) is 11.3 Å². The minimum Gasteiger partial charge on any atom is -0.337 e. The second-order valence-corrected chi connectivity index (χ2v) is 8.01. The summed E-state index contributed by atoms with van der Waals surface area (Å²) < 4.78 is 1.83. The lowest BCUT2D eigenvalue weighted by atomic mass is 10.1. The monoisotopic (exact) mass is 416 g/mol. The molecule has 0 radical (unpaired) electrons. The molecule has 0 aliphatic rings. The standard InChI is InChI=1S/C24H24N4OS/c1-4-28-23-21(15-25-28)20(14-22(26-23)18-8-6-5-7-9-18)24(29)27(2)16-17-10-12-19(30-3)13-11-17/h5-15H,4,16H2,1-3H3. The first kappa shape index (κ1) is 20.2. The third-order valence-electron chi connectivity index (χ3n) is 5.13. The highest BCUT2D eigenvalue weighted by Crippen LogP contribution is 2.26. The molecule has 4 rings (SSSR count). The number of hydrogen-bond donors (Lipinski definition) is 0. The zero-order valence-electron chi connectivity index (χ0n) is 17.4. The Kier molecular flexibility index (Phi) is 5.86. The van der Waals surface area contributed by atoms with Crippen molar-refractivity contribution >= 4 is 28.7 Å². The summed E-state index contributed by atoms with van der Waals surface area (Å²) in [5.41, 5.74) is 4.22. The Morgan fingerprint density at radius 1 is 1.10 bits per heavy atom. The highest BCUT2D eigenvalue weighted by molar-refractivity contribution is 7.98. The molecule has 0 atom stereocenters. The second-order valence-electron chi connectivity index (χ2n) is 7.13. The molecule has 0 aliphatic heterocycles. The largest absolute Gasteiger partial charge is 0.337 e. The van der Waals surface area contributed by atoms with Gasteiger partial charge in [0.15, 0.2) is 5.65 Å². The average molecular weight is 417 g/mol. The van der Waals surface area contributed by atoms with Gasteiger partial charge in [0.1, 0.15) is 0 Å². The number of carbonyl (C=O) groups excluding carboxylic acids is 1. The summed E-state index contributed by atoms with van der Waals surface area (Å²) in [6, 6.07) is 20.1. The van der Waals surface area contributed by atoms with Gasteiger partial charge in [0, 0.05) is 30.6 Å². The molecule has 2 heterocycles. The molecule has 5 nitrogen and oxygen atoms in total. The van der Waals surface area contributed by atoms with Gasteiger partial charge >= 0.3 is 0 Å². The lowest BCUT2D eigenvalue weighted by Gasteiger charge is -2.18. The van der Waals surface area contributed by atoms with E-state index < -0.39 is 0 Å². The Hall–Kier alpha value is -3.12. The molecule has 2 aromatic carbocycles. The first-order chi connectivity index (χ1) is 14.6. The normalized spacial score (nSPS) is 11.0. The van der Waals surface area contributed by atoms with Gasteiger partial charge in [-0.15, -0.1) is 11.8 Å². The van der Waals surface area contributed by atoms with Gasteiger partial charge in [-0.25, -0.2) is 9.67 Å². The molecule has 1 amide bonds. The minimum atomic E-state index is -0.0378. The van der Waals surface area contributed by atoms with Crippen LogP contribution in [-0.2, 0) is 13.1 Å². The molecule has 4 aromatic rings. The number of aryl methyl sites for hydroxylation is 1. The van der Waals surface area contributed by atoms with Crippen molar-refractivity contribution in [2.24, 2.45) is 0 Å². The summed E-state index contributed by atoms with van der Waals surface area (Å²) in [5.74, 6) is -0.0378. The number of carbonyl (C=O) groups is 1. The number of thioether (sulfide) groups is 1. The van der Waals surface area contributed by atoms with E-state index in [-0.39, 0.29) is 5.91 Å². The van der Waals surface area contributed by atoms with Crippen molar-refractivity contribution in [2.45, 2.75) is 24.9 Å². The molecule has 0 fully saturated rings. The van der Waals surface area contributed by atoms with Crippen LogP contribution in [0.2, 0.25) is 0 Å². The first-order valence-electron chi connectivity index (χ1n) is 9.91. The van der Waals surface area contributed by atoms with Crippen LogP contribution in [0.4, 0.5) is 0 Å². The number of benzene rings is 2. The molecule has 0 saturated heterocycles. The van der Waals surface area contributed by atoms with Crippen LogP contribution in [0.15, 0.2) is 71.8 Å². The fourth-order valence-corrected chi connectivity index (χ4v) is 3.90. The first-order valence-corrected chi connectivity index (χ1v) is 11.1. The molecule has 0 aliphatic carbocycles. The number of nitrogens with zero attached hydrogens (tertiary/aromatic N) is 4. The van der Waals surface area contributed by atoms with Gasteiger partial charge in [-0.2, -0.15) is 5.10 Å². The third-order valence-corrected chi connectivity index (χ3v) is 5.88. The Balaban J connectivity index is 1.72. The van der Waals surface area contributed by atoms with E-state index in [9.17, 15) is 4.79 Å². The Labute approximate surface area is 180 Å². The van der Waals surface area contributed by atoms with E-state index in [0.717, 1.165) is 27.9 Å². The molecule has 152 valence electrons. The number of rotatable bonds is 6. The number of pyridine rings is 1. The molecular weight excluding hydrogens is 392 g/mol. The zero-order valence-corrected chi connectivity index (χ0v) is 18.2. The summed E-state index contributed by atoms with van der Waals surface area (Å²) in [7, 11) is 1.84. The molecule has 6 heteroatoms. The van der Waals surface area contributed by atoms with Crippen LogP contribution in [0.25, 0.3) is 22.3 Å². The quantitative estimate of drug-likeness (QED) is 0.410. The van der Waals surface area contributed by atoms with Gasteiger partial charge in [0.2, 0.25) is 0 Å². The van der Waals surface area contributed by atoms with E-state index in [1.54, 1.807) is 22.9 Å². The number of fused-ring (bicyclic) bond motifs is 1. The molecule has 0 unspecified atom stereocenters. The van der Waals surface area contributed by atoms with Crippen LogP contribution >= 0.6 is 11.8 Å². The van der Waals surface area contributed by atoms with E-state index in [1.165, 1.54) is 4.90 Å². The minimum absolute atomic E-state index is 0.0378. The van der Waals surface area contributed by atoms with Gasteiger partial charge in [-0.05, 0) is 36.9 Å². The van der Waals surface area contributed by atoms with Gasteiger partial charge in [-0.3, -0.25) is 4.79 Å². The van der Waals surface area contributed by atoms with Crippen LogP contribution in [0.5, 0.6) is 0 Å². The van der Waals surface area contributed by atoms with Crippen LogP contribution in [0.3, 0.4) is 0 Å². The highest BCUT2D eigenvalue weighted by atomic mass is 32.2. The Morgan fingerprint density at radius 3 is 2.50 bits per heavy atom. The summed E-state index contributed by atoms with van der Waals surface area (Å²) in [6.07, 6.45) is 3.80. The zero-order chi connectivity index (χ0) is 21.1. The summed E-state index contributed by atoms with van der Waals surface area (Å²) >= 11 is 1.71. The van der Waals surface area contributed by atoms with Crippen molar-refractivity contribution in [3.63, 3.8) is 0 Å². The second kappa shape index (κ2) is 8.71. The molecule has 0 bridgehead atoms. The number of aromatic nitrogens is 3. The maximum atomic E-state index is 13.4. The number of amides is 1. The SMILES string of the molecule is CCn1ncc2c(C(=O)N(C)Cc3ccc(SC)cc3)cc(-c3ccccc3)nc21. The van der Waals surface area contributed by atoms with Crippen molar-refractivity contribution < 1.29 is 4.79 Å². The Morgan fingerprint density at radius 2 is 1.83 bits per heavy atom. The maximum absolute atomic E-state index is 13.4. The molecule has 0 saturated carbocycles. The lowest BCUT2D eigenvalue weighted by Crippen LogP contribution is -2.26. The van der Waals surface area contributed by atoms with E-state index in [0.29, 0.717) is 18.7 Å². The number of hydrogen-bond acceptors (Lipinski definition) is 4. The Bertz CT molecular complexity index is 1170. The van der Waals surface area contributed by atoms with Crippen LogP contribution in [-0.4, -0.2) is 38.9 Å². The van der Waals surface area contributed by atoms with Gasteiger partial charge in [-0.1, -0.05) is 42.5 Å². The molecule has 0 N–H and O–H groups in total. The van der Waals surface area contributed by atoms with Crippen molar-refractivity contribution in [1.29, 1.82) is 0 Å². The van der Waals surface area contributed by atoms with E-state index >= 15 is 0 Å². The molecule has 30 heavy (non-hydrogen) atoms. The van der Waals surface area contributed by atoms with E-state index in [2.05, 4.69) is 35.6 Å². The smallest absolute Gasteiger partial charge is 0.254 e. The summed E-state index contributed by atoms with van der Waals surface area (Å²) in [4.78, 5) is 21.2. The van der Waals surface area contributed by atoms with Crippen LogP contribution in [0, 0.1) is 0 Å². The van der Waals surface area contributed by atoms with E-state index in [1.807, 2.05) is 55.1 Å². The summed E-state index contributed by atoms with van der Waals surface area (Å²) in [5, 5.41) is 5.22. The van der Waals surface area contributed by atoms with Gasteiger partial charge < -0.3 is 4.90 Å². The predicted molar refractivity (Wildman–Crippen MR) is 123 cm³/mol. The lowest BCUT2D eigenvalue weighted by molar-refractivity contribution is 0.0787. The molecule has 2 aromatic heterocycles. The predicted octanol–water partition coefficient (Wildman–Crippen LogP) is 5.11. The van der Waals surface area contributed by atoms with Gasteiger partial charge in [0.05, 0.1) is 22.8 Å². The fourth-order valence-electron chi connectivity index (χ4n) is 3.50. The average Bonchev–Trinajstić information content (AvgIpc) is 3.22. The maximum Gasteiger partial charge on any atom is 0.254 e. The molecule has 0 spiro atoms. The van der Waals surface area contributed by atoms with Gasteiger partial charge in [0.25, 0.3) is 5.91 Å². The van der Waals surface area contributed by atoms with Crippen molar-refractivity contribution in [1.82, 2.24) is 19.7 Å². The van der Waals surface area contributed by atoms with Crippen molar-refractivity contribution in [3.05, 3.63) is 78.0 Å². The third kappa shape index (κ3) is 3.96. The summed E-state index contributed by atoms with van der Waals surface area (Å²) in [6.45, 7) is 3.26. The van der Waals surface area contributed by atoms with E-state index in [4.69, 9.17) is 4.98 Å². The highest BCUT2D eigenvalue weighted by Gasteiger charge is 2.20. The molecular formula is C24H24N4OS. The van der Waals surface area contributed by atoms with Crippen LogP contribution in [0.1, 0.15) is 22.8 Å². The fraction of sp³-hybridized carbons (Fsp3) is 0.208.